The van der Waals surface area contributed by atoms with Crippen molar-refractivity contribution in [3.05, 3.63) is 75.6 Å². The molecule has 0 bridgehead atoms. The van der Waals surface area contributed by atoms with E-state index in [0.29, 0.717) is 29.5 Å². The van der Waals surface area contributed by atoms with Crippen LogP contribution in [0.5, 0.6) is 0 Å². The number of benzene rings is 1. The van der Waals surface area contributed by atoms with Crippen molar-refractivity contribution in [2.75, 3.05) is 6.54 Å². The van der Waals surface area contributed by atoms with Crippen LogP contribution in [0.25, 0.3) is 0 Å². The molecule has 0 N–H and O–H groups in total. The van der Waals surface area contributed by atoms with Crippen LogP contribution >= 0.6 is 11.6 Å². The molecule has 0 spiro atoms. The summed E-state index contributed by atoms with van der Waals surface area (Å²) in [4.78, 5) is 18.5. The van der Waals surface area contributed by atoms with Crippen LogP contribution in [0.15, 0.2) is 36.4 Å². The summed E-state index contributed by atoms with van der Waals surface area (Å²) in [6, 6.07) is 9.52. The van der Waals surface area contributed by atoms with Crippen molar-refractivity contribution in [2.24, 2.45) is 0 Å². The van der Waals surface area contributed by atoms with Crippen molar-refractivity contribution >= 4 is 17.5 Å². The maximum atomic E-state index is 13.2. The van der Waals surface area contributed by atoms with Crippen LogP contribution in [0.4, 0.5) is 13.2 Å². The molecule has 6 nitrogen and oxygen atoms in total. The van der Waals surface area contributed by atoms with E-state index in [4.69, 9.17) is 11.6 Å². The first-order chi connectivity index (χ1) is 15.6. The van der Waals surface area contributed by atoms with E-state index in [2.05, 4.69) is 15.2 Å². The fraction of sp³-hybridized carbons (Fsp3) is 0.391. The van der Waals surface area contributed by atoms with E-state index in [1.54, 1.807) is 4.90 Å². The number of aryl methyl sites for hydroxylation is 2. The van der Waals surface area contributed by atoms with Gasteiger partial charge >= 0.3 is 6.18 Å². The lowest BCUT2D eigenvalue weighted by Gasteiger charge is -2.25. The number of rotatable bonds is 5. The van der Waals surface area contributed by atoms with Crippen molar-refractivity contribution in [1.82, 2.24) is 24.6 Å². The highest BCUT2D eigenvalue weighted by molar-refractivity contribution is 6.30. The highest BCUT2D eigenvalue weighted by Gasteiger charge is 2.35. The van der Waals surface area contributed by atoms with Crippen LogP contribution in [-0.4, -0.2) is 37.1 Å². The smallest absolute Gasteiger partial charge is 0.332 e. The van der Waals surface area contributed by atoms with Crippen molar-refractivity contribution < 1.29 is 18.0 Å². The number of carbonyl (C=O) groups is 1. The third-order valence-corrected chi connectivity index (χ3v) is 6.17. The van der Waals surface area contributed by atoms with E-state index >= 15 is 0 Å². The molecule has 1 fully saturated rings. The number of alkyl halides is 3. The topological polar surface area (TPSA) is 63.9 Å². The van der Waals surface area contributed by atoms with Gasteiger partial charge in [0.05, 0.1) is 19.0 Å². The first-order valence-corrected chi connectivity index (χ1v) is 11.0. The van der Waals surface area contributed by atoms with Gasteiger partial charge in [-0.15, -0.1) is 10.2 Å². The Labute approximate surface area is 194 Å². The number of halogens is 4. The lowest BCUT2D eigenvalue weighted by atomic mass is 10.1. The zero-order chi connectivity index (χ0) is 23.8. The molecule has 174 valence electrons. The van der Waals surface area contributed by atoms with Gasteiger partial charge in [0.25, 0.3) is 0 Å². The number of likely N-dealkylation sites (tertiary alicyclic amines) is 1. The Morgan fingerprint density at radius 3 is 2.52 bits per heavy atom. The van der Waals surface area contributed by atoms with Gasteiger partial charge in [0, 0.05) is 17.3 Å². The summed E-state index contributed by atoms with van der Waals surface area (Å²) in [7, 11) is 0. The minimum absolute atomic E-state index is 0.0161. The molecule has 10 heteroatoms. The summed E-state index contributed by atoms with van der Waals surface area (Å²) >= 11 is 5.99. The number of carbonyl (C=O) groups excluding carboxylic acids is 1. The van der Waals surface area contributed by atoms with Gasteiger partial charge in [-0.1, -0.05) is 29.8 Å². The van der Waals surface area contributed by atoms with Crippen LogP contribution in [0.2, 0.25) is 5.02 Å². The average Bonchev–Trinajstić information content (AvgIpc) is 3.37. The first kappa shape index (κ1) is 23.2. The molecular formula is C23H23ClF3N5O. The molecular weight excluding hydrogens is 455 g/mol. The Morgan fingerprint density at radius 2 is 1.85 bits per heavy atom. The van der Waals surface area contributed by atoms with Crippen molar-refractivity contribution in [3.63, 3.8) is 0 Å². The molecule has 3 aromatic rings. The Hall–Kier alpha value is -2.94. The molecule has 0 saturated carbocycles. The third kappa shape index (κ3) is 5.03. The highest BCUT2D eigenvalue weighted by atomic mass is 35.5. The second-order valence-electron chi connectivity index (χ2n) is 8.18. The SMILES string of the molecule is Cc1nc(C(F)(F)F)ccc1CC(=O)N1CCCC1c1nnc(C)n1Cc1ccc(Cl)cc1. The van der Waals surface area contributed by atoms with Gasteiger partial charge in [-0.2, -0.15) is 13.2 Å². The minimum Gasteiger partial charge on any atom is -0.332 e. The van der Waals surface area contributed by atoms with E-state index < -0.39 is 11.9 Å². The van der Waals surface area contributed by atoms with Gasteiger partial charge < -0.3 is 9.47 Å². The van der Waals surface area contributed by atoms with Gasteiger partial charge in [-0.3, -0.25) is 4.79 Å². The standard InChI is InChI=1S/C23H23ClF3N5O/c1-14-17(7-10-20(28-14)23(25,26)27)12-21(33)31-11-3-4-19(31)22-30-29-15(2)32(22)13-16-5-8-18(24)9-6-16/h5-10,19H,3-4,11-13H2,1-2H3. The third-order valence-electron chi connectivity index (χ3n) is 5.92. The van der Waals surface area contributed by atoms with Crippen LogP contribution in [0, 0.1) is 13.8 Å². The fourth-order valence-corrected chi connectivity index (χ4v) is 4.27. The quantitative estimate of drug-likeness (QED) is 0.523. The molecule has 33 heavy (non-hydrogen) atoms. The number of pyridine rings is 1. The molecule has 3 heterocycles. The highest BCUT2D eigenvalue weighted by Crippen LogP contribution is 2.33. The molecule has 1 unspecified atom stereocenters. The first-order valence-electron chi connectivity index (χ1n) is 10.6. The lowest BCUT2D eigenvalue weighted by molar-refractivity contribution is -0.141. The monoisotopic (exact) mass is 477 g/mol. The molecule has 1 atom stereocenters. The molecule has 1 saturated heterocycles. The predicted molar refractivity (Wildman–Crippen MR) is 117 cm³/mol. The van der Waals surface area contributed by atoms with Gasteiger partial charge in [0.1, 0.15) is 11.5 Å². The number of nitrogens with zero attached hydrogens (tertiary/aromatic N) is 5. The molecule has 1 aromatic carbocycles. The number of hydrogen-bond donors (Lipinski definition) is 0. The fourth-order valence-electron chi connectivity index (χ4n) is 4.14. The summed E-state index contributed by atoms with van der Waals surface area (Å²) in [5.41, 5.74) is 0.764. The van der Waals surface area contributed by atoms with Gasteiger partial charge in [-0.05, 0) is 56.0 Å². The minimum atomic E-state index is -4.51. The van der Waals surface area contributed by atoms with E-state index in [0.717, 1.165) is 30.3 Å². The van der Waals surface area contributed by atoms with E-state index in [9.17, 15) is 18.0 Å². The average molecular weight is 478 g/mol. The summed E-state index contributed by atoms with van der Waals surface area (Å²) in [6.07, 6.45) is -2.97. The normalized spacial score (nSPS) is 16.4. The van der Waals surface area contributed by atoms with E-state index in [1.807, 2.05) is 35.8 Å². The maximum Gasteiger partial charge on any atom is 0.433 e. The molecule has 1 aliphatic rings. The Balaban J connectivity index is 1.54. The van der Waals surface area contributed by atoms with Gasteiger partial charge in [0.15, 0.2) is 5.82 Å². The van der Waals surface area contributed by atoms with Crippen molar-refractivity contribution in [1.29, 1.82) is 0 Å². The molecule has 0 aliphatic carbocycles. The molecule has 2 aromatic heterocycles. The second kappa shape index (κ2) is 9.13. The zero-order valence-corrected chi connectivity index (χ0v) is 19.0. The summed E-state index contributed by atoms with van der Waals surface area (Å²) in [5, 5.41) is 9.25. The molecule has 0 radical (unpaired) electrons. The van der Waals surface area contributed by atoms with Gasteiger partial charge in [-0.25, -0.2) is 4.98 Å². The summed E-state index contributed by atoms with van der Waals surface area (Å²) in [6.45, 7) is 4.46. The Bertz CT molecular complexity index is 1160. The number of amides is 1. The van der Waals surface area contributed by atoms with E-state index in [1.165, 1.54) is 13.0 Å². The second-order valence-corrected chi connectivity index (χ2v) is 8.62. The van der Waals surface area contributed by atoms with Gasteiger partial charge in [0.2, 0.25) is 5.91 Å². The van der Waals surface area contributed by atoms with Crippen LogP contribution < -0.4 is 0 Å². The molecule has 1 amide bonds. The Kier molecular flexibility index (Phi) is 6.43. The molecule has 4 rings (SSSR count). The van der Waals surface area contributed by atoms with Crippen LogP contribution in [0.1, 0.15) is 53.0 Å². The lowest BCUT2D eigenvalue weighted by Crippen LogP contribution is -2.33. The number of aromatic nitrogens is 4. The van der Waals surface area contributed by atoms with Crippen molar-refractivity contribution in [3.8, 4) is 0 Å². The van der Waals surface area contributed by atoms with Crippen molar-refractivity contribution in [2.45, 2.75) is 51.9 Å². The van der Waals surface area contributed by atoms with Crippen LogP contribution in [-0.2, 0) is 23.9 Å². The number of hydrogen-bond acceptors (Lipinski definition) is 4. The zero-order valence-electron chi connectivity index (χ0n) is 18.2. The van der Waals surface area contributed by atoms with E-state index in [-0.39, 0.29) is 24.1 Å². The summed E-state index contributed by atoms with van der Waals surface area (Å²) in [5.74, 6) is 1.28. The largest absolute Gasteiger partial charge is 0.433 e. The summed E-state index contributed by atoms with van der Waals surface area (Å²) < 4.78 is 40.7. The molecule has 1 aliphatic heterocycles. The Morgan fingerprint density at radius 1 is 1.12 bits per heavy atom. The predicted octanol–water partition coefficient (Wildman–Crippen LogP) is 4.92. The maximum absolute atomic E-state index is 13.2. The van der Waals surface area contributed by atoms with Crippen LogP contribution in [0.3, 0.4) is 0 Å².